The lowest BCUT2D eigenvalue weighted by atomic mass is 10.1. The first-order chi connectivity index (χ1) is 15.5. The van der Waals surface area contributed by atoms with Crippen molar-refractivity contribution in [1.29, 1.82) is 0 Å². The molecule has 0 saturated carbocycles. The average molecular weight is 426 g/mol. The van der Waals surface area contributed by atoms with Crippen molar-refractivity contribution < 1.29 is 9.53 Å². The molecule has 4 rings (SSSR count). The highest BCUT2D eigenvalue weighted by Crippen LogP contribution is 2.25. The van der Waals surface area contributed by atoms with E-state index in [1.807, 2.05) is 50.2 Å². The standard InChI is InChI=1S/C27H27N3O2/c1-19-13-14-20(2)26(15-19)32-18-27(31)29-28-16-24-21(3)30(17-22-9-5-4-6-10-22)25-12-8-7-11-23(24)25/h4-16H,17-18H2,1-3H3,(H,29,31)/b28-16-. The quantitative estimate of drug-likeness (QED) is 0.329. The molecule has 0 bridgehead atoms. The minimum atomic E-state index is -0.298. The van der Waals surface area contributed by atoms with Gasteiger partial charge in [-0.25, -0.2) is 5.43 Å². The second-order valence-corrected chi connectivity index (χ2v) is 7.94. The first-order valence-corrected chi connectivity index (χ1v) is 10.7. The van der Waals surface area contributed by atoms with Crippen molar-refractivity contribution in [3.8, 4) is 5.75 Å². The molecule has 1 heterocycles. The summed E-state index contributed by atoms with van der Waals surface area (Å²) in [6.45, 7) is 6.72. The van der Waals surface area contributed by atoms with Gasteiger partial charge >= 0.3 is 0 Å². The lowest BCUT2D eigenvalue weighted by Crippen LogP contribution is -2.24. The zero-order valence-electron chi connectivity index (χ0n) is 18.6. The molecule has 0 fully saturated rings. The summed E-state index contributed by atoms with van der Waals surface area (Å²) >= 11 is 0. The monoisotopic (exact) mass is 425 g/mol. The summed E-state index contributed by atoms with van der Waals surface area (Å²) in [5.74, 6) is 0.414. The Morgan fingerprint density at radius 1 is 1.00 bits per heavy atom. The van der Waals surface area contributed by atoms with Crippen LogP contribution in [0.25, 0.3) is 10.9 Å². The summed E-state index contributed by atoms with van der Waals surface area (Å²) in [4.78, 5) is 12.2. The fraction of sp³-hybridized carbons (Fsp3) is 0.185. The predicted molar refractivity (Wildman–Crippen MR) is 129 cm³/mol. The van der Waals surface area contributed by atoms with E-state index in [4.69, 9.17) is 4.74 Å². The van der Waals surface area contributed by atoms with Gasteiger partial charge in [-0.05, 0) is 49.6 Å². The van der Waals surface area contributed by atoms with E-state index in [-0.39, 0.29) is 12.5 Å². The minimum Gasteiger partial charge on any atom is -0.483 e. The normalized spacial score (nSPS) is 11.2. The molecular formula is C27H27N3O2. The third-order valence-electron chi connectivity index (χ3n) is 5.55. The summed E-state index contributed by atoms with van der Waals surface area (Å²) in [6, 6.07) is 24.5. The Kier molecular flexibility index (Phi) is 6.36. The van der Waals surface area contributed by atoms with Crippen molar-refractivity contribution in [1.82, 2.24) is 9.99 Å². The van der Waals surface area contributed by atoms with Crippen LogP contribution < -0.4 is 10.2 Å². The van der Waals surface area contributed by atoms with Crippen molar-refractivity contribution in [2.24, 2.45) is 5.10 Å². The highest BCUT2D eigenvalue weighted by Gasteiger charge is 2.13. The number of hydrogen-bond acceptors (Lipinski definition) is 3. The number of carbonyl (C=O) groups is 1. The maximum absolute atomic E-state index is 12.2. The molecule has 3 aromatic carbocycles. The number of carbonyl (C=O) groups excluding carboxylic acids is 1. The number of hydrazone groups is 1. The Morgan fingerprint density at radius 3 is 2.56 bits per heavy atom. The molecule has 1 N–H and O–H groups in total. The van der Waals surface area contributed by atoms with Gasteiger partial charge in [0.1, 0.15) is 5.75 Å². The van der Waals surface area contributed by atoms with E-state index in [9.17, 15) is 4.79 Å². The van der Waals surface area contributed by atoms with Gasteiger partial charge in [-0.2, -0.15) is 5.10 Å². The molecule has 1 aromatic heterocycles. The summed E-state index contributed by atoms with van der Waals surface area (Å²) in [7, 11) is 0. The van der Waals surface area contributed by atoms with Crippen LogP contribution in [0.2, 0.25) is 0 Å². The number of benzene rings is 3. The van der Waals surface area contributed by atoms with Gasteiger partial charge in [0.15, 0.2) is 6.61 Å². The molecule has 0 aliphatic carbocycles. The van der Waals surface area contributed by atoms with E-state index in [2.05, 4.69) is 58.4 Å². The van der Waals surface area contributed by atoms with E-state index < -0.39 is 0 Å². The zero-order valence-corrected chi connectivity index (χ0v) is 18.6. The fourth-order valence-corrected chi connectivity index (χ4v) is 3.80. The SMILES string of the molecule is Cc1ccc(C)c(OCC(=O)N/N=C\c2c(C)n(Cc3ccccc3)c3ccccc23)c1. The van der Waals surface area contributed by atoms with Crippen LogP contribution in [0.5, 0.6) is 5.75 Å². The third-order valence-corrected chi connectivity index (χ3v) is 5.55. The van der Waals surface area contributed by atoms with E-state index in [1.165, 1.54) is 5.56 Å². The molecule has 1 amide bonds. The number of rotatable bonds is 7. The smallest absolute Gasteiger partial charge is 0.277 e. The largest absolute Gasteiger partial charge is 0.483 e. The number of nitrogens with one attached hydrogen (secondary N) is 1. The number of fused-ring (bicyclic) bond motifs is 1. The number of para-hydroxylation sites is 1. The molecule has 5 heteroatoms. The maximum Gasteiger partial charge on any atom is 0.277 e. The van der Waals surface area contributed by atoms with Crippen LogP contribution in [0.15, 0.2) is 77.9 Å². The van der Waals surface area contributed by atoms with Crippen molar-refractivity contribution in [2.45, 2.75) is 27.3 Å². The zero-order chi connectivity index (χ0) is 22.5. The van der Waals surface area contributed by atoms with Gasteiger partial charge in [0.2, 0.25) is 0 Å². The van der Waals surface area contributed by atoms with Crippen LogP contribution in [0, 0.1) is 20.8 Å². The lowest BCUT2D eigenvalue weighted by molar-refractivity contribution is -0.123. The summed E-state index contributed by atoms with van der Waals surface area (Å²) < 4.78 is 7.93. The van der Waals surface area contributed by atoms with Gasteiger partial charge in [-0.1, -0.05) is 60.7 Å². The Bertz CT molecular complexity index is 1270. The highest BCUT2D eigenvalue weighted by atomic mass is 16.5. The van der Waals surface area contributed by atoms with Crippen LogP contribution in [-0.4, -0.2) is 23.3 Å². The van der Waals surface area contributed by atoms with Crippen molar-refractivity contribution in [3.05, 3.63) is 101 Å². The molecular weight excluding hydrogens is 398 g/mol. The highest BCUT2D eigenvalue weighted by molar-refractivity contribution is 6.01. The van der Waals surface area contributed by atoms with Crippen molar-refractivity contribution in [2.75, 3.05) is 6.61 Å². The number of aromatic nitrogens is 1. The van der Waals surface area contributed by atoms with Gasteiger partial charge < -0.3 is 9.30 Å². The minimum absolute atomic E-state index is 0.0869. The molecule has 0 aliphatic rings. The molecule has 0 unspecified atom stereocenters. The molecule has 0 saturated heterocycles. The van der Waals surface area contributed by atoms with E-state index >= 15 is 0 Å². The molecule has 5 nitrogen and oxygen atoms in total. The summed E-state index contributed by atoms with van der Waals surface area (Å²) in [5, 5.41) is 5.31. The fourth-order valence-electron chi connectivity index (χ4n) is 3.80. The van der Waals surface area contributed by atoms with Gasteiger partial charge in [0.05, 0.1) is 6.21 Å². The van der Waals surface area contributed by atoms with Gasteiger partial charge in [0, 0.05) is 28.7 Å². The van der Waals surface area contributed by atoms with Crippen LogP contribution >= 0.6 is 0 Å². The number of amides is 1. The Morgan fingerprint density at radius 2 is 1.75 bits per heavy atom. The first-order valence-electron chi connectivity index (χ1n) is 10.7. The molecule has 4 aromatic rings. The van der Waals surface area contributed by atoms with Crippen LogP contribution in [0.1, 0.15) is 27.9 Å². The lowest BCUT2D eigenvalue weighted by Gasteiger charge is -2.09. The molecule has 162 valence electrons. The van der Waals surface area contributed by atoms with Gasteiger partial charge in [-0.15, -0.1) is 0 Å². The number of aryl methyl sites for hydroxylation is 2. The predicted octanol–water partition coefficient (Wildman–Crippen LogP) is 5.14. The van der Waals surface area contributed by atoms with Gasteiger partial charge in [-0.3, -0.25) is 4.79 Å². The topological polar surface area (TPSA) is 55.6 Å². The Balaban J connectivity index is 1.48. The number of nitrogens with zero attached hydrogens (tertiary/aromatic N) is 2. The van der Waals surface area contributed by atoms with Crippen LogP contribution in [0.3, 0.4) is 0 Å². The van der Waals surface area contributed by atoms with Crippen LogP contribution in [0.4, 0.5) is 0 Å². The van der Waals surface area contributed by atoms with Crippen molar-refractivity contribution >= 4 is 23.0 Å². The summed E-state index contributed by atoms with van der Waals surface area (Å²) in [6.07, 6.45) is 1.72. The average Bonchev–Trinajstić information content (AvgIpc) is 3.06. The van der Waals surface area contributed by atoms with Gasteiger partial charge in [0.25, 0.3) is 5.91 Å². The number of ether oxygens (including phenoxy) is 1. The second kappa shape index (κ2) is 9.52. The van der Waals surface area contributed by atoms with E-state index in [0.717, 1.165) is 39.8 Å². The molecule has 0 aliphatic heterocycles. The van der Waals surface area contributed by atoms with E-state index in [0.29, 0.717) is 5.75 Å². The first kappa shape index (κ1) is 21.4. The Hall–Kier alpha value is -3.86. The van der Waals surface area contributed by atoms with Crippen LogP contribution in [-0.2, 0) is 11.3 Å². The second-order valence-electron chi connectivity index (χ2n) is 7.94. The molecule has 32 heavy (non-hydrogen) atoms. The molecule has 0 radical (unpaired) electrons. The van der Waals surface area contributed by atoms with Crippen molar-refractivity contribution in [3.63, 3.8) is 0 Å². The number of hydrogen-bond donors (Lipinski definition) is 1. The third kappa shape index (κ3) is 4.72. The summed E-state index contributed by atoms with van der Waals surface area (Å²) in [5.41, 5.74) is 9.13. The molecule has 0 atom stereocenters. The molecule has 0 spiro atoms. The maximum atomic E-state index is 12.2. The van der Waals surface area contributed by atoms with E-state index in [1.54, 1.807) is 6.21 Å². The Labute approximate surface area is 188 Å².